The first-order valence-corrected chi connectivity index (χ1v) is 6.03. The van der Waals surface area contributed by atoms with Gasteiger partial charge in [0.25, 0.3) is 0 Å². The molecule has 2 nitrogen and oxygen atoms in total. The van der Waals surface area contributed by atoms with Crippen LogP contribution in [0.4, 0.5) is 10.1 Å². The summed E-state index contributed by atoms with van der Waals surface area (Å²) in [5, 5.41) is 6.48. The summed E-state index contributed by atoms with van der Waals surface area (Å²) in [5.74, 6) is -0.307. The number of benzene rings is 1. The first-order valence-electron chi connectivity index (χ1n) is 4.78. The minimum atomic E-state index is -0.307. The van der Waals surface area contributed by atoms with E-state index in [-0.39, 0.29) is 11.9 Å². The highest BCUT2D eigenvalue weighted by Gasteiger charge is 2.10. The highest BCUT2D eigenvalue weighted by molar-refractivity contribution is 7.09. The molecule has 0 bridgehead atoms. The fourth-order valence-electron chi connectivity index (χ4n) is 1.35. The summed E-state index contributed by atoms with van der Waals surface area (Å²) in [4.78, 5) is 4.18. The van der Waals surface area contributed by atoms with E-state index >= 15 is 0 Å². The molecule has 2 aromatic rings. The van der Waals surface area contributed by atoms with Gasteiger partial charge in [-0.15, -0.1) is 11.3 Å². The molecule has 1 heterocycles. The second-order valence-corrected chi connectivity index (χ2v) is 4.69. The van der Waals surface area contributed by atoms with Gasteiger partial charge in [-0.3, -0.25) is 0 Å². The Labute approximate surface area is 102 Å². The average Bonchev–Trinajstić information content (AvgIpc) is 2.76. The van der Waals surface area contributed by atoms with Crippen molar-refractivity contribution in [3.63, 3.8) is 0 Å². The highest BCUT2D eigenvalue weighted by atomic mass is 35.5. The number of rotatable bonds is 3. The van der Waals surface area contributed by atoms with Crippen molar-refractivity contribution < 1.29 is 4.39 Å². The highest BCUT2D eigenvalue weighted by Crippen LogP contribution is 2.27. The second kappa shape index (κ2) is 4.80. The van der Waals surface area contributed by atoms with Crippen molar-refractivity contribution in [1.29, 1.82) is 0 Å². The molecule has 0 aliphatic rings. The number of thiazole rings is 1. The molecule has 1 atom stereocenters. The van der Waals surface area contributed by atoms with Crippen LogP contribution in [0.5, 0.6) is 0 Å². The Morgan fingerprint density at radius 1 is 1.50 bits per heavy atom. The summed E-state index contributed by atoms with van der Waals surface area (Å²) < 4.78 is 13.0. The maximum absolute atomic E-state index is 13.0. The topological polar surface area (TPSA) is 24.9 Å². The van der Waals surface area contributed by atoms with Gasteiger partial charge in [0.05, 0.1) is 16.8 Å². The molecule has 1 aromatic carbocycles. The Hall–Kier alpha value is -1.13. The molecule has 1 N–H and O–H groups in total. The Morgan fingerprint density at radius 2 is 2.31 bits per heavy atom. The van der Waals surface area contributed by atoms with Crippen molar-refractivity contribution in [3.05, 3.63) is 45.6 Å². The molecule has 0 fully saturated rings. The van der Waals surface area contributed by atoms with E-state index in [9.17, 15) is 4.39 Å². The molecule has 0 spiro atoms. The first-order chi connectivity index (χ1) is 7.66. The monoisotopic (exact) mass is 256 g/mol. The third kappa shape index (κ3) is 2.51. The molecule has 0 saturated carbocycles. The van der Waals surface area contributed by atoms with E-state index in [1.165, 1.54) is 18.2 Å². The van der Waals surface area contributed by atoms with Crippen LogP contribution in [0, 0.1) is 5.82 Å². The molecule has 2 rings (SSSR count). The zero-order valence-electron chi connectivity index (χ0n) is 8.58. The minimum absolute atomic E-state index is 0.0132. The van der Waals surface area contributed by atoms with Gasteiger partial charge in [-0.2, -0.15) is 0 Å². The number of nitrogens with zero attached hydrogens (tertiary/aromatic N) is 1. The molecule has 0 radical (unpaired) electrons. The predicted molar refractivity (Wildman–Crippen MR) is 65.6 cm³/mol. The van der Waals surface area contributed by atoms with Crippen molar-refractivity contribution in [1.82, 2.24) is 4.98 Å². The van der Waals surface area contributed by atoms with E-state index in [2.05, 4.69) is 10.3 Å². The van der Waals surface area contributed by atoms with Gasteiger partial charge in [-0.1, -0.05) is 11.6 Å². The van der Waals surface area contributed by atoms with Gasteiger partial charge in [0.15, 0.2) is 0 Å². The molecule has 0 aliphatic carbocycles. The summed E-state index contributed by atoms with van der Waals surface area (Å²) in [6.07, 6.45) is 1.74. The molecule has 0 amide bonds. The SMILES string of the molecule is CC(Nc1cc(F)ccc1Cl)c1nccs1. The second-order valence-electron chi connectivity index (χ2n) is 3.36. The molecule has 5 heteroatoms. The Bertz CT molecular complexity index is 473. The van der Waals surface area contributed by atoms with Gasteiger partial charge in [-0.05, 0) is 25.1 Å². The van der Waals surface area contributed by atoms with E-state index in [1.54, 1.807) is 17.5 Å². The van der Waals surface area contributed by atoms with Gasteiger partial charge < -0.3 is 5.32 Å². The fourth-order valence-corrected chi connectivity index (χ4v) is 2.17. The van der Waals surface area contributed by atoms with Crippen molar-refractivity contribution in [2.45, 2.75) is 13.0 Å². The van der Waals surface area contributed by atoms with Gasteiger partial charge >= 0.3 is 0 Å². The van der Waals surface area contributed by atoms with Gasteiger partial charge in [0.2, 0.25) is 0 Å². The van der Waals surface area contributed by atoms with Crippen LogP contribution in [0.2, 0.25) is 5.02 Å². The Morgan fingerprint density at radius 3 is 3.00 bits per heavy atom. The molecule has 0 aliphatic heterocycles. The lowest BCUT2D eigenvalue weighted by atomic mass is 10.2. The van der Waals surface area contributed by atoms with E-state index in [4.69, 9.17) is 11.6 Å². The maximum atomic E-state index is 13.0. The van der Waals surface area contributed by atoms with Gasteiger partial charge in [0, 0.05) is 11.6 Å². The van der Waals surface area contributed by atoms with E-state index in [0.29, 0.717) is 10.7 Å². The molecular formula is C11H10ClFN2S. The van der Waals surface area contributed by atoms with E-state index in [1.807, 2.05) is 12.3 Å². The van der Waals surface area contributed by atoms with Crippen LogP contribution in [0.15, 0.2) is 29.8 Å². The molecule has 1 aromatic heterocycles. The van der Waals surface area contributed by atoms with Crippen LogP contribution >= 0.6 is 22.9 Å². The average molecular weight is 257 g/mol. The summed E-state index contributed by atoms with van der Waals surface area (Å²) in [6, 6.07) is 4.27. The predicted octanol–water partition coefficient (Wildman–Crippen LogP) is 4.11. The third-order valence-electron chi connectivity index (χ3n) is 2.12. The van der Waals surface area contributed by atoms with E-state index in [0.717, 1.165) is 5.01 Å². The smallest absolute Gasteiger partial charge is 0.125 e. The van der Waals surface area contributed by atoms with Crippen molar-refractivity contribution in [2.75, 3.05) is 5.32 Å². The van der Waals surface area contributed by atoms with Gasteiger partial charge in [-0.25, -0.2) is 9.37 Å². The number of nitrogens with one attached hydrogen (secondary N) is 1. The van der Waals surface area contributed by atoms with Crippen molar-refractivity contribution in [2.24, 2.45) is 0 Å². The maximum Gasteiger partial charge on any atom is 0.125 e. The Kier molecular flexibility index (Phi) is 3.41. The quantitative estimate of drug-likeness (QED) is 0.894. The lowest BCUT2D eigenvalue weighted by Gasteiger charge is -2.13. The molecule has 84 valence electrons. The lowest BCUT2D eigenvalue weighted by molar-refractivity contribution is 0.628. The number of hydrogen-bond donors (Lipinski definition) is 1. The van der Waals surface area contributed by atoms with Crippen LogP contribution in [0.3, 0.4) is 0 Å². The van der Waals surface area contributed by atoms with Crippen LogP contribution in [-0.4, -0.2) is 4.98 Å². The van der Waals surface area contributed by atoms with Crippen LogP contribution < -0.4 is 5.32 Å². The zero-order chi connectivity index (χ0) is 11.5. The lowest BCUT2D eigenvalue weighted by Crippen LogP contribution is -2.06. The fraction of sp³-hybridized carbons (Fsp3) is 0.182. The largest absolute Gasteiger partial charge is 0.375 e. The summed E-state index contributed by atoms with van der Waals surface area (Å²) >= 11 is 7.51. The van der Waals surface area contributed by atoms with E-state index < -0.39 is 0 Å². The molecule has 1 unspecified atom stereocenters. The Balaban J connectivity index is 2.17. The van der Waals surface area contributed by atoms with Crippen LogP contribution in [-0.2, 0) is 0 Å². The third-order valence-corrected chi connectivity index (χ3v) is 3.41. The summed E-state index contributed by atoms with van der Waals surface area (Å²) in [5.41, 5.74) is 0.587. The molecule has 0 saturated heterocycles. The van der Waals surface area contributed by atoms with Crippen molar-refractivity contribution >= 4 is 28.6 Å². The van der Waals surface area contributed by atoms with Gasteiger partial charge in [0.1, 0.15) is 10.8 Å². The number of aromatic nitrogens is 1. The first kappa shape index (κ1) is 11.4. The number of anilines is 1. The standard InChI is InChI=1S/C11H10ClFN2S/c1-7(11-14-4-5-16-11)15-10-6-8(13)2-3-9(10)12/h2-7,15H,1H3. The zero-order valence-corrected chi connectivity index (χ0v) is 10.1. The van der Waals surface area contributed by atoms with Crippen molar-refractivity contribution in [3.8, 4) is 0 Å². The van der Waals surface area contributed by atoms with Crippen LogP contribution in [0.25, 0.3) is 0 Å². The normalized spacial score (nSPS) is 12.4. The molecular weight excluding hydrogens is 247 g/mol. The summed E-state index contributed by atoms with van der Waals surface area (Å²) in [6.45, 7) is 1.96. The minimum Gasteiger partial charge on any atom is -0.375 e. The summed E-state index contributed by atoms with van der Waals surface area (Å²) in [7, 11) is 0. The number of hydrogen-bond acceptors (Lipinski definition) is 3. The van der Waals surface area contributed by atoms with Crippen LogP contribution in [0.1, 0.15) is 18.0 Å². The number of halogens is 2. The molecule has 16 heavy (non-hydrogen) atoms.